The second-order valence-electron chi connectivity index (χ2n) is 10.4. The summed E-state index contributed by atoms with van der Waals surface area (Å²) >= 11 is 0. The fraction of sp³-hybridized carbons (Fsp3) is 0.108. The van der Waals surface area contributed by atoms with E-state index in [0.29, 0.717) is 0 Å². The molecule has 0 spiro atoms. The van der Waals surface area contributed by atoms with Crippen LogP contribution in [0.15, 0.2) is 122 Å². The van der Waals surface area contributed by atoms with Crippen molar-refractivity contribution in [3.63, 3.8) is 0 Å². The van der Waals surface area contributed by atoms with Crippen LogP contribution in [0.2, 0.25) is 0 Å². The van der Waals surface area contributed by atoms with Crippen molar-refractivity contribution in [1.82, 2.24) is 15.0 Å². The van der Waals surface area contributed by atoms with Gasteiger partial charge in [-0.3, -0.25) is 4.98 Å². The normalized spacial score (nSPS) is 12.3. The molecule has 203 valence electrons. The molecule has 0 aliphatic heterocycles. The SMILES string of the molecule is Cc1cccc(-c2ccc(-c3[c-]ccc4c3C(C)(C)c3ccccc3-4)nc2)n1.[Ir].[c-]1ccccc1-c1ccccn1. The number of aryl methyl sites for hydroxylation is 1. The van der Waals surface area contributed by atoms with Crippen LogP contribution >= 0.6 is 0 Å². The Morgan fingerprint density at radius 2 is 1.44 bits per heavy atom. The van der Waals surface area contributed by atoms with Crippen molar-refractivity contribution in [3.05, 3.63) is 151 Å². The second kappa shape index (κ2) is 12.1. The number of fused-ring (bicyclic) bond motifs is 3. The summed E-state index contributed by atoms with van der Waals surface area (Å²) < 4.78 is 0. The standard InChI is InChI=1S/C26H21N2.C11H8N.Ir/c1-17-8-6-13-23(28-17)18-14-15-24(27-16-18)21-11-7-10-20-19-9-4-5-12-22(19)26(2,3)25(20)21;1-2-6-10(7-3-1)11-8-4-5-9-12-11;/h4-10,12-16H,1-3H3;1-6,8-9H;/q2*-1;. The third-order valence-electron chi connectivity index (χ3n) is 7.37. The van der Waals surface area contributed by atoms with E-state index in [-0.39, 0.29) is 25.5 Å². The Morgan fingerprint density at radius 3 is 2.17 bits per heavy atom. The first-order valence-electron chi connectivity index (χ1n) is 13.5. The summed E-state index contributed by atoms with van der Waals surface area (Å²) in [5, 5.41) is 0. The van der Waals surface area contributed by atoms with Crippen LogP contribution in [0.4, 0.5) is 0 Å². The molecule has 0 atom stereocenters. The number of benzene rings is 3. The number of hydrogen-bond acceptors (Lipinski definition) is 3. The maximum absolute atomic E-state index is 4.79. The van der Waals surface area contributed by atoms with Gasteiger partial charge in [0.1, 0.15) is 0 Å². The molecule has 1 aliphatic carbocycles. The van der Waals surface area contributed by atoms with Crippen molar-refractivity contribution in [2.45, 2.75) is 26.2 Å². The summed E-state index contributed by atoms with van der Waals surface area (Å²) in [6, 6.07) is 43.4. The van der Waals surface area contributed by atoms with E-state index in [1.54, 1.807) is 6.20 Å². The number of rotatable bonds is 3. The zero-order chi connectivity index (χ0) is 27.5. The minimum Gasteiger partial charge on any atom is -0.305 e. The van der Waals surface area contributed by atoms with Crippen LogP contribution in [0.1, 0.15) is 30.7 Å². The minimum absolute atomic E-state index is 0. The van der Waals surface area contributed by atoms with Gasteiger partial charge < -0.3 is 9.97 Å². The summed E-state index contributed by atoms with van der Waals surface area (Å²) in [5.41, 5.74) is 12.3. The van der Waals surface area contributed by atoms with Gasteiger partial charge in [-0.15, -0.1) is 65.2 Å². The zero-order valence-electron chi connectivity index (χ0n) is 23.2. The predicted octanol–water partition coefficient (Wildman–Crippen LogP) is 8.77. The Balaban J connectivity index is 0.000000218. The average Bonchev–Trinajstić information content (AvgIpc) is 3.25. The monoisotopic (exact) mass is 708 g/mol. The van der Waals surface area contributed by atoms with Crippen molar-refractivity contribution < 1.29 is 20.1 Å². The van der Waals surface area contributed by atoms with Crippen molar-refractivity contribution in [2.75, 3.05) is 0 Å². The smallest absolute Gasteiger partial charge is 0.0719 e. The van der Waals surface area contributed by atoms with Gasteiger partial charge in [-0.05, 0) is 53.1 Å². The number of pyridine rings is 3. The van der Waals surface area contributed by atoms with Crippen LogP contribution in [0, 0.1) is 19.1 Å². The molecule has 0 saturated carbocycles. The van der Waals surface area contributed by atoms with Gasteiger partial charge in [0.2, 0.25) is 0 Å². The van der Waals surface area contributed by atoms with Crippen LogP contribution in [-0.2, 0) is 25.5 Å². The van der Waals surface area contributed by atoms with Gasteiger partial charge in [-0.1, -0.05) is 74.0 Å². The number of aromatic nitrogens is 3. The fourth-order valence-corrected chi connectivity index (χ4v) is 5.44. The maximum Gasteiger partial charge on any atom is 0.0719 e. The third kappa shape index (κ3) is 5.67. The average molecular weight is 708 g/mol. The molecule has 0 amide bonds. The van der Waals surface area contributed by atoms with E-state index >= 15 is 0 Å². The third-order valence-corrected chi connectivity index (χ3v) is 7.37. The molecule has 3 aromatic carbocycles. The van der Waals surface area contributed by atoms with Gasteiger partial charge in [0.25, 0.3) is 0 Å². The van der Waals surface area contributed by atoms with Gasteiger partial charge in [0, 0.05) is 43.8 Å². The first kappa shape index (κ1) is 28.3. The summed E-state index contributed by atoms with van der Waals surface area (Å²) in [4.78, 5) is 13.6. The van der Waals surface area contributed by atoms with E-state index in [0.717, 1.165) is 39.5 Å². The van der Waals surface area contributed by atoms with E-state index in [2.05, 4.69) is 78.4 Å². The second-order valence-corrected chi connectivity index (χ2v) is 10.4. The molecule has 4 heteroatoms. The first-order chi connectivity index (χ1) is 19.5. The molecule has 0 N–H and O–H groups in total. The van der Waals surface area contributed by atoms with Crippen LogP contribution in [0.5, 0.6) is 0 Å². The number of hydrogen-bond donors (Lipinski definition) is 0. The molecule has 3 aromatic heterocycles. The van der Waals surface area contributed by atoms with Crippen molar-refractivity contribution in [1.29, 1.82) is 0 Å². The molecule has 1 radical (unpaired) electrons. The molecule has 0 fully saturated rings. The quantitative estimate of drug-likeness (QED) is 0.173. The Bertz CT molecular complexity index is 1730. The van der Waals surface area contributed by atoms with Crippen molar-refractivity contribution in [2.24, 2.45) is 0 Å². The molecule has 0 saturated heterocycles. The van der Waals surface area contributed by atoms with Gasteiger partial charge in [0.15, 0.2) is 0 Å². The zero-order valence-corrected chi connectivity index (χ0v) is 25.6. The Morgan fingerprint density at radius 1 is 0.634 bits per heavy atom. The minimum atomic E-state index is -0.0720. The Labute approximate surface area is 255 Å². The summed E-state index contributed by atoms with van der Waals surface area (Å²) in [7, 11) is 0. The molecule has 6 aromatic rings. The molecule has 3 heterocycles. The van der Waals surface area contributed by atoms with Crippen LogP contribution in [0.25, 0.3) is 44.9 Å². The van der Waals surface area contributed by atoms with E-state index in [4.69, 9.17) is 4.98 Å². The van der Waals surface area contributed by atoms with E-state index < -0.39 is 0 Å². The van der Waals surface area contributed by atoms with Gasteiger partial charge >= 0.3 is 0 Å². The number of nitrogens with zero attached hydrogens (tertiary/aromatic N) is 3. The molecule has 3 nitrogen and oxygen atoms in total. The maximum atomic E-state index is 4.79. The van der Waals surface area contributed by atoms with Gasteiger partial charge in [-0.2, -0.15) is 0 Å². The molecule has 0 unspecified atom stereocenters. The summed E-state index contributed by atoms with van der Waals surface area (Å²) in [6.45, 7) is 6.59. The molecule has 0 bridgehead atoms. The van der Waals surface area contributed by atoms with E-state index in [1.165, 1.54) is 22.3 Å². The van der Waals surface area contributed by atoms with E-state index in [9.17, 15) is 0 Å². The van der Waals surface area contributed by atoms with Crippen molar-refractivity contribution >= 4 is 0 Å². The predicted molar refractivity (Wildman–Crippen MR) is 163 cm³/mol. The molecular formula is C37H29IrN3-2. The van der Waals surface area contributed by atoms with Crippen LogP contribution in [-0.4, -0.2) is 15.0 Å². The molecular weight excluding hydrogens is 679 g/mol. The topological polar surface area (TPSA) is 38.7 Å². The first-order valence-corrected chi connectivity index (χ1v) is 13.5. The fourth-order valence-electron chi connectivity index (χ4n) is 5.44. The Hall–Kier alpha value is -4.24. The van der Waals surface area contributed by atoms with Gasteiger partial charge in [-0.25, -0.2) is 0 Å². The molecule has 7 rings (SSSR count). The Kier molecular flexibility index (Phi) is 8.35. The van der Waals surface area contributed by atoms with Crippen molar-refractivity contribution in [3.8, 4) is 44.9 Å². The van der Waals surface area contributed by atoms with Crippen LogP contribution < -0.4 is 0 Å². The summed E-state index contributed by atoms with van der Waals surface area (Å²) in [5.74, 6) is 0. The summed E-state index contributed by atoms with van der Waals surface area (Å²) in [6.07, 6.45) is 3.70. The van der Waals surface area contributed by atoms with Gasteiger partial charge in [0.05, 0.1) is 5.69 Å². The molecule has 1 aliphatic rings. The van der Waals surface area contributed by atoms with E-state index in [1.807, 2.05) is 79.9 Å². The van der Waals surface area contributed by atoms with Crippen LogP contribution in [0.3, 0.4) is 0 Å². The molecule has 41 heavy (non-hydrogen) atoms. The largest absolute Gasteiger partial charge is 0.305 e.